The Bertz CT molecular complexity index is 517. The molecule has 2 atom stereocenters. The van der Waals surface area contributed by atoms with E-state index in [0.29, 0.717) is 6.42 Å². The molecule has 0 bridgehead atoms. The van der Waals surface area contributed by atoms with Crippen molar-refractivity contribution in [2.75, 3.05) is 0 Å². The highest BCUT2D eigenvalue weighted by Gasteiger charge is 2.34. The first-order valence-corrected chi connectivity index (χ1v) is 6.45. The second-order valence-electron chi connectivity index (χ2n) is 4.45. The summed E-state index contributed by atoms with van der Waals surface area (Å²) in [5.74, 6) is -2.06. The van der Waals surface area contributed by atoms with Crippen molar-refractivity contribution in [1.82, 2.24) is 5.32 Å². The highest BCUT2D eigenvalue weighted by molar-refractivity contribution is 6.31. The zero-order chi connectivity index (χ0) is 14.7. The fourth-order valence-electron chi connectivity index (χ4n) is 2.00. The number of hydrogen-bond donors (Lipinski definition) is 2. The summed E-state index contributed by atoms with van der Waals surface area (Å²) >= 11 is 5.84. The normalized spacial score (nSPS) is 21.7. The van der Waals surface area contributed by atoms with E-state index in [0.717, 1.165) is 0 Å². The van der Waals surface area contributed by atoms with Crippen molar-refractivity contribution in [3.8, 4) is 0 Å². The molecule has 1 amide bonds. The Hall–Kier alpha value is -1.66. The van der Waals surface area contributed by atoms with Crippen LogP contribution in [-0.4, -0.2) is 29.2 Å². The Morgan fingerprint density at radius 2 is 2.10 bits per heavy atom. The van der Waals surface area contributed by atoms with Gasteiger partial charge in [-0.1, -0.05) is 17.7 Å². The molecule has 0 aliphatic carbocycles. The van der Waals surface area contributed by atoms with Crippen LogP contribution in [-0.2, 0) is 20.9 Å². The molecule has 1 aromatic rings. The van der Waals surface area contributed by atoms with Crippen molar-refractivity contribution < 1.29 is 23.8 Å². The van der Waals surface area contributed by atoms with E-state index in [2.05, 4.69) is 5.32 Å². The number of carboxylic acids is 1. The number of amides is 1. The zero-order valence-electron chi connectivity index (χ0n) is 10.4. The first-order chi connectivity index (χ1) is 9.49. The molecule has 5 nitrogen and oxygen atoms in total. The molecule has 0 spiro atoms. The van der Waals surface area contributed by atoms with Crippen molar-refractivity contribution in [2.24, 2.45) is 0 Å². The molecule has 1 heterocycles. The van der Waals surface area contributed by atoms with Gasteiger partial charge < -0.3 is 15.2 Å². The van der Waals surface area contributed by atoms with Crippen LogP contribution < -0.4 is 5.32 Å². The maximum atomic E-state index is 13.5. The third-order valence-electron chi connectivity index (χ3n) is 3.09. The van der Waals surface area contributed by atoms with Gasteiger partial charge in [0.05, 0.1) is 0 Å². The molecule has 1 aliphatic rings. The summed E-state index contributed by atoms with van der Waals surface area (Å²) in [6, 6.07) is 4.25. The predicted molar refractivity (Wildman–Crippen MR) is 68.8 cm³/mol. The molecule has 20 heavy (non-hydrogen) atoms. The minimum Gasteiger partial charge on any atom is -0.479 e. The molecular formula is C13H13ClFNO4. The van der Waals surface area contributed by atoms with E-state index in [-0.39, 0.29) is 23.6 Å². The molecule has 1 saturated heterocycles. The second-order valence-corrected chi connectivity index (χ2v) is 4.85. The van der Waals surface area contributed by atoms with Crippen molar-refractivity contribution in [3.63, 3.8) is 0 Å². The van der Waals surface area contributed by atoms with Crippen LogP contribution >= 0.6 is 11.6 Å². The van der Waals surface area contributed by atoms with Crippen LogP contribution in [0.2, 0.25) is 5.02 Å². The third kappa shape index (κ3) is 3.26. The molecule has 1 fully saturated rings. The van der Waals surface area contributed by atoms with Crippen molar-refractivity contribution in [2.45, 2.75) is 31.6 Å². The lowest BCUT2D eigenvalue weighted by molar-refractivity contribution is -0.151. The van der Waals surface area contributed by atoms with E-state index in [1.807, 2.05) is 0 Å². The molecule has 7 heteroatoms. The minimum absolute atomic E-state index is 0.0675. The maximum Gasteiger partial charge on any atom is 0.332 e. The summed E-state index contributed by atoms with van der Waals surface area (Å²) in [5.41, 5.74) is 0.190. The largest absolute Gasteiger partial charge is 0.479 e. The standard InChI is InChI=1S/C13H13ClFNO4/c14-8-2-1-3-9(15)7(8)6-16-12(17)10-4-5-11(20-10)13(18)19/h1-3,10-11H,4-6H2,(H,16,17)(H,18,19)/t10-,11+/m0/s1. The van der Waals surface area contributed by atoms with Gasteiger partial charge in [0, 0.05) is 17.1 Å². The van der Waals surface area contributed by atoms with Gasteiger partial charge in [-0.05, 0) is 25.0 Å². The van der Waals surface area contributed by atoms with Gasteiger partial charge in [-0.15, -0.1) is 0 Å². The van der Waals surface area contributed by atoms with E-state index in [9.17, 15) is 14.0 Å². The highest BCUT2D eigenvalue weighted by atomic mass is 35.5. The van der Waals surface area contributed by atoms with Gasteiger partial charge in [-0.25, -0.2) is 9.18 Å². The average Bonchev–Trinajstić information content (AvgIpc) is 2.87. The van der Waals surface area contributed by atoms with Crippen LogP contribution in [0.15, 0.2) is 18.2 Å². The molecule has 1 aromatic carbocycles. The number of ether oxygens (including phenoxy) is 1. The molecular weight excluding hydrogens is 289 g/mol. The zero-order valence-corrected chi connectivity index (χ0v) is 11.2. The summed E-state index contributed by atoms with van der Waals surface area (Å²) in [4.78, 5) is 22.5. The molecule has 2 N–H and O–H groups in total. The first kappa shape index (κ1) is 14.7. The Morgan fingerprint density at radius 1 is 1.40 bits per heavy atom. The summed E-state index contributed by atoms with van der Waals surface area (Å²) in [5, 5.41) is 11.5. The fourth-order valence-corrected chi connectivity index (χ4v) is 2.23. The number of nitrogens with one attached hydrogen (secondary N) is 1. The van der Waals surface area contributed by atoms with Crippen LogP contribution in [0.5, 0.6) is 0 Å². The van der Waals surface area contributed by atoms with Gasteiger partial charge in [0.25, 0.3) is 0 Å². The third-order valence-corrected chi connectivity index (χ3v) is 3.44. The van der Waals surface area contributed by atoms with E-state index in [4.69, 9.17) is 21.4 Å². The Labute approximate surface area is 119 Å². The van der Waals surface area contributed by atoms with Crippen molar-refractivity contribution >= 4 is 23.5 Å². The lowest BCUT2D eigenvalue weighted by atomic mass is 10.1. The maximum absolute atomic E-state index is 13.5. The van der Waals surface area contributed by atoms with E-state index in [1.165, 1.54) is 18.2 Å². The van der Waals surface area contributed by atoms with Gasteiger partial charge in [0.15, 0.2) is 6.10 Å². The summed E-state index contributed by atoms with van der Waals surface area (Å²) in [6.45, 7) is -0.0675. The van der Waals surface area contributed by atoms with Crippen LogP contribution in [0.3, 0.4) is 0 Å². The molecule has 108 valence electrons. The topological polar surface area (TPSA) is 75.6 Å². The lowest BCUT2D eigenvalue weighted by Gasteiger charge is -2.12. The number of hydrogen-bond acceptors (Lipinski definition) is 3. The monoisotopic (exact) mass is 301 g/mol. The number of benzene rings is 1. The van der Waals surface area contributed by atoms with E-state index in [1.54, 1.807) is 0 Å². The summed E-state index contributed by atoms with van der Waals surface area (Å²) in [6.07, 6.45) is -1.16. The number of aliphatic carboxylic acids is 1. The number of rotatable bonds is 4. The van der Waals surface area contributed by atoms with Gasteiger partial charge in [0.2, 0.25) is 5.91 Å². The Morgan fingerprint density at radius 3 is 2.70 bits per heavy atom. The average molecular weight is 302 g/mol. The van der Waals surface area contributed by atoms with Gasteiger partial charge >= 0.3 is 5.97 Å². The van der Waals surface area contributed by atoms with E-state index < -0.39 is 29.9 Å². The Kier molecular flexibility index (Phi) is 4.57. The molecule has 2 rings (SSSR count). The molecule has 0 aromatic heterocycles. The molecule has 0 saturated carbocycles. The van der Waals surface area contributed by atoms with Crippen LogP contribution in [0, 0.1) is 5.82 Å². The van der Waals surface area contributed by atoms with Gasteiger partial charge in [-0.2, -0.15) is 0 Å². The highest BCUT2D eigenvalue weighted by Crippen LogP contribution is 2.21. The number of carbonyl (C=O) groups excluding carboxylic acids is 1. The molecule has 0 unspecified atom stereocenters. The number of carbonyl (C=O) groups is 2. The SMILES string of the molecule is O=C(NCc1c(F)cccc1Cl)[C@@H]1CC[C@H](C(=O)O)O1. The first-order valence-electron chi connectivity index (χ1n) is 6.08. The number of carboxylic acid groups (broad SMARTS) is 1. The predicted octanol–water partition coefficient (Wildman–Crippen LogP) is 1.73. The Balaban J connectivity index is 1.92. The van der Waals surface area contributed by atoms with Gasteiger partial charge in [0.1, 0.15) is 11.9 Å². The van der Waals surface area contributed by atoms with Crippen molar-refractivity contribution in [1.29, 1.82) is 0 Å². The van der Waals surface area contributed by atoms with Crippen molar-refractivity contribution in [3.05, 3.63) is 34.6 Å². The van der Waals surface area contributed by atoms with Crippen LogP contribution in [0.1, 0.15) is 18.4 Å². The quantitative estimate of drug-likeness (QED) is 0.888. The second kappa shape index (κ2) is 6.19. The summed E-state index contributed by atoms with van der Waals surface area (Å²) in [7, 11) is 0. The number of halogens is 2. The minimum atomic E-state index is -1.09. The van der Waals surface area contributed by atoms with Crippen LogP contribution in [0.4, 0.5) is 4.39 Å². The van der Waals surface area contributed by atoms with Crippen LogP contribution in [0.25, 0.3) is 0 Å². The van der Waals surface area contributed by atoms with Gasteiger partial charge in [-0.3, -0.25) is 4.79 Å². The molecule has 0 radical (unpaired) electrons. The van der Waals surface area contributed by atoms with E-state index >= 15 is 0 Å². The lowest BCUT2D eigenvalue weighted by Crippen LogP contribution is -2.35. The smallest absolute Gasteiger partial charge is 0.332 e. The summed E-state index contributed by atoms with van der Waals surface area (Å²) < 4.78 is 18.6. The molecule has 1 aliphatic heterocycles. The fraction of sp³-hybridized carbons (Fsp3) is 0.385.